The van der Waals surface area contributed by atoms with Gasteiger partial charge < -0.3 is 11.1 Å². The first kappa shape index (κ1) is 12.9. The summed E-state index contributed by atoms with van der Waals surface area (Å²) in [6.45, 7) is 3.24. The third-order valence-corrected chi connectivity index (χ3v) is 5.77. The molecule has 3 fully saturated rings. The number of nitrogens with two attached hydrogens (primary N) is 1. The quantitative estimate of drug-likeness (QED) is 0.805. The van der Waals surface area contributed by atoms with Gasteiger partial charge in [0.15, 0.2) is 0 Å². The van der Waals surface area contributed by atoms with Gasteiger partial charge in [-0.1, -0.05) is 19.8 Å². The molecule has 0 radical (unpaired) electrons. The van der Waals surface area contributed by atoms with E-state index in [-0.39, 0.29) is 0 Å². The second kappa shape index (κ2) is 5.13. The van der Waals surface area contributed by atoms with Crippen LogP contribution >= 0.6 is 0 Å². The van der Waals surface area contributed by atoms with E-state index in [1.165, 1.54) is 57.8 Å². The smallest absolute Gasteiger partial charge is 0.0309 e. The fourth-order valence-electron chi connectivity index (χ4n) is 4.53. The van der Waals surface area contributed by atoms with E-state index < -0.39 is 0 Å². The van der Waals surface area contributed by atoms with Crippen LogP contribution in [-0.2, 0) is 0 Å². The molecule has 4 unspecified atom stereocenters. The first-order chi connectivity index (χ1) is 8.71. The van der Waals surface area contributed by atoms with E-state index in [9.17, 15) is 0 Å². The van der Waals surface area contributed by atoms with Gasteiger partial charge in [0.1, 0.15) is 0 Å². The zero-order valence-corrected chi connectivity index (χ0v) is 12.0. The predicted octanol–water partition coefficient (Wildman–Crippen LogP) is 3.06. The summed E-state index contributed by atoms with van der Waals surface area (Å²) >= 11 is 0. The highest BCUT2D eigenvalue weighted by Gasteiger charge is 2.42. The van der Waals surface area contributed by atoms with Crippen LogP contribution in [0.1, 0.15) is 64.7 Å². The van der Waals surface area contributed by atoms with Gasteiger partial charge in [0.05, 0.1) is 0 Å². The molecule has 3 saturated carbocycles. The van der Waals surface area contributed by atoms with Gasteiger partial charge in [0.2, 0.25) is 0 Å². The average Bonchev–Trinajstić information content (AvgIpc) is 3.15. The van der Waals surface area contributed by atoms with Crippen molar-refractivity contribution in [3.8, 4) is 0 Å². The van der Waals surface area contributed by atoms with Crippen LogP contribution in [0.4, 0.5) is 0 Å². The van der Waals surface area contributed by atoms with Crippen LogP contribution in [-0.4, -0.2) is 18.1 Å². The summed E-state index contributed by atoms with van der Waals surface area (Å²) in [5.74, 6) is 2.95. The molecule has 104 valence electrons. The summed E-state index contributed by atoms with van der Waals surface area (Å²) in [4.78, 5) is 0. The molecule has 18 heavy (non-hydrogen) atoms. The summed E-state index contributed by atoms with van der Waals surface area (Å²) in [5.41, 5.74) is 6.46. The maximum Gasteiger partial charge on any atom is 0.0309 e. The van der Waals surface area contributed by atoms with E-state index >= 15 is 0 Å². The molecule has 0 aromatic heterocycles. The zero-order valence-electron chi connectivity index (χ0n) is 12.0. The van der Waals surface area contributed by atoms with E-state index in [1.54, 1.807) is 0 Å². The molecule has 0 saturated heterocycles. The van der Waals surface area contributed by atoms with Crippen molar-refractivity contribution in [3.05, 3.63) is 0 Å². The van der Waals surface area contributed by atoms with Crippen molar-refractivity contribution in [2.45, 2.75) is 76.3 Å². The summed E-state index contributed by atoms with van der Waals surface area (Å²) in [6, 6.07) is 0.751. The Hall–Kier alpha value is -0.0800. The molecule has 0 aromatic carbocycles. The molecule has 0 aliphatic heterocycles. The fourth-order valence-corrected chi connectivity index (χ4v) is 4.53. The summed E-state index contributed by atoms with van der Waals surface area (Å²) in [7, 11) is 0. The van der Waals surface area contributed by atoms with Crippen molar-refractivity contribution in [3.63, 3.8) is 0 Å². The Balaban J connectivity index is 1.61. The SMILES string of the molecule is CC1CCC(NC2(CN)CCCC(C3CC3)C2)C1. The molecule has 3 aliphatic rings. The molecular weight excluding hydrogens is 220 g/mol. The minimum atomic E-state index is 0.292. The molecule has 0 bridgehead atoms. The third-order valence-electron chi connectivity index (χ3n) is 5.77. The molecule has 3 rings (SSSR count). The van der Waals surface area contributed by atoms with E-state index in [0.29, 0.717) is 5.54 Å². The predicted molar refractivity (Wildman–Crippen MR) is 76.4 cm³/mol. The molecule has 0 spiro atoms. The lowest BCUT2D eigenvalue weighted by Gasteiger charge is -2.43. The number of nitrogens with one attached hydrogen (secondary N) is 1. The number of rotatable bonds is 4. The topological polar surface area (TPSA) is 38.0 Å². The minimum Gasteiger partial charge on any atom is -0.329 e. The normalized spacial score (nSPS) is 45.3. The Bertz CT molecular complexity index is 287. The average molecular weight is 250 g/mol. The Labute approximate surface area is 112 Å². The van der Waals surface area contributed by atoms with Crippen LogP contribution in [0.15, 0.2) is 0 Å². The van der Waals surface area contributed by atoms with E-state index in [1.807, 2.05) is 0 Å². The van der Waals surface area contributed by atoms with Gasteiger partial charge in [-0.15, -0.1) is 0 Å². The van der Waals surface area contributed by atoms with Crippen LogP contribution in [0.5, 0.6) is 0 Å². The lowest BCUT2D eigenvalue weighted by Crippen LogP contribution is -2.57. The van der Waals surface area contributed by atoms with Crippen LogP contribution < -0.4 is 11.1 Å². The standard InChI is InChI=1S/C16H30N2/c1-12-4-7-15(9-12)18-16(11-17)8-2-3-14(10-16)13-5-6-13/h12-15,18H,2-11,17H2,1H3. The van der Waals surface area contributed by atoms with Crippen molar-refractivity contribution in [2.75, 3.05) is 6.54 Å². The van der Waals surface area contributed by atoms with Crippen molar-refractivity contribution >= 4 is 0 Å². The van der Waals surface area contributed by atoms with Crippen molar-refractivity contribution in [1.82, 2.24) is 5.32 Å². The van der Waals surface area contributed by atoms with Crippen molar-refractivity contribution < 1.29 is 0 Å². The van der Waals surface area contributed by atoms with Gasteiger partial charge >= 0.3 is 0 Å². The van der Waals surface area contributed by atoms with Crippen molar-refractivity contribution in [1.29, 1.82) is 0 Å². The zero-order chi connectivity index (χ0) is 12.6. The van der Waals surface area contributed by atoms with Gasteiger partial charge in [0, 0.05) is 18.1 Å². The van der Waals surface area contributed by atoms with Gasteiger partial charge in [-0.25, -0.2) is 0 Å². The molecule has 3 N–H and O–H groups in total. The highest BCUT2D eigenvalue weighted by Crippen LogP contribution is 2.46. The second-order valence-corrected chi connectivity index (χ2v) is 7.44. The lowest BCUT2D eigenvalue weighted by molar-refractivity contribution is 0.154. The first-order valence-corrected chi connectivity index (χ1v) is 8.18. The number of hydrogen-bond donors (Lipinski definition) is 2. The van der Waals surface area contributed by atoms with E-state index in [4.69, 9.17) is 5.73 Å². The Morgan fingerprint density at radius 3 is 2.56 bits per heavy atom. The van der Waals surface area contributed by atoms with E-state index in [0.717, 1.165) is 30.3 Å². The van der Waals surface area contributed by atoms with E-state index in [2.05, 4.69) is 12.2 Å². The number of hydrogen-bond acceptors (Lipinski definition) is 2. The Kier molecular flexibility index (Phi) is 3.68. The molecule has 0 amide bonds. The van der Waals surface area contributed by atoms with Crippen molar-refractivity contribution in [2.24, 2.45) is 23.5 Å². The summed E-state index contributed by atoms with van der Waals surface area (Å²) in [6.07, 6.45) is 12.7. The molecule has 2 nitrogen and oxygen atoms in total. The van der Waals surface area contributed by atoms with Crippen LogP contribution in [0.3, 0.4) is 0 Å². The highest BCUT2D eigenvalue weighted by molar-refractivity contribution is 5.00. The molecular formula is C16H30N2. The largest absolute Gasteiger partial charge is 0.329 e. The van der Waals surface area contributed by atoms with Gasteiger partial charge in [-0.05, 0) is 62.7 Å². The maximum absolute atomic E-state index is 6.17. The van der Waals surface area contributed by atoms with Gasteiger partial charge in [-0.3, -0.25) is 0 Å². The van der Waals surface area contributed by atoms with Crippen LogP contribution in [0, 0.1) is 17.8 Å². The second-order valence-electron chi connectivity index (χ2n) is 7.44. The van der Waals surface area contributed by atoms with Crippen LogP contribution in [0.2, 0.25) is 0 Å². The molecule has 0 aromatic rings. The fraction of sp³-hybridized carbons (Fsp3) is 1.00. The van der Waals surface area contributed by atoms with Crippen LogP contribution in [0.25, 0.3) is 0 Å². The molecule has 4 atom stereocenters. The Morgan fingerprint density at radius 2 is 1.94 bits per heavy atom. The highest BCUT2D eigenvalue weighted by atomic mass is 15.0. The Morgan fingerprint density at radius 1 is 1.11 bits per heavy atom. The maximum atomic E-state index is 6.17. The first-order valence-electron chi connectivity index (χ1n) is 8.18. The summed E-state index contributed by atoms with van der Waals surface area (Å²) < 4.78 is 0. The monoisotopic (exact) mass is 250 g/mol. The summed E-state index contributed by atoms with van der Waals surface area (Å²) in [5, 5.41) is 4.00. The lowest BCUT2D eigenvalue weighted by atomic mass is 9.73. The van der Waals surface area contributed by atoms with Gasteiger partial charge in [-0.2, -0.15) is 0 Å². The molecule has 3 aliphatic carbocycles. The minimum absolute atomic E-state index is 0.292. The molecule has 2 heteroatoms. The molecule has 0 heterocycles. The third kappa shape index (κ3) is 2.75. The van der Waals surface area contributed by atoms with Gasteiger partial charge in [0.25, 0.3) is 0 Å².